The van der Waals surface area contributed by atoms with Crippen molar-refractivity contribution in [2.75, 3.05) is 44.2 Å². The highest BCUT2D eigenvalue weighted by Gasteiger charge is 2.18. The van der Waals surface area contributed by atoms with Gasteiger partial charge in [-0.15, -0.1) is 0 Å². The summed E-state index contributed by atoms with van der Waals surface area (Å²) in [5.41, 5.74) is 3.41. The molecule has 0 aliphatic carbocycles. The number of thiocarbonyl (C=S) groups is 1. The highest BCUT2D eigenvalue weighted by molar-refractivity contribution is 7.80. The molecule has 1 atom stereocenters. The molecule has 1 aliphatic rings. The summed E-state index contributed by atoms with van der Waals surface area (Å²) in [5, 5.41) is 4.10. The Labute approximate surface area is 173 Å². The second kappa shape index (κ2) is 9.75. The molecule has 0 radical (unpaired) electrons. The minimum Gasteiger partial charge on any atom is -0.497 e. The standard InChI is InChI=1S/C22H29N3O2S/c1-24(2)18-8-6-17(7-9-18)16-25(19-10-12-20(26-3)13-11-19)22(28)23-15-21-5-4-14-27-21/h6-13,21H,4-5,14-16H2,1-3H3,(H,23,28)/t21-/m1/s1. The summed E-state index contributed by atoms with van der Waals surface area (Å²) in [4.78, 5) is 4.22. The Morgan fingerprint density at radius 1 is 1.11 bits per heavy atom. The average Bonchev–Trinajstić information content (AvgIpc) is 3.24. The molecule has 2 aromatic rings. The van der Waals surface area contributed by atoms with Gasteiger partial charge in [-0.1, -0.05) is 12.1 Å². The summed E-state index contributed by atoms with van der Waals surface area (Å²) in [7, 11) is 5.76. The summed E-state index contributed by atoms with van der Waals surface area (Å²) in [5.74, 6) is 0.831. The molecule has 5 nitrogen and oxygen atoms in total. The Kier molecular flexibility index (Phi) is 7.12. The van der Waals surface area contributed by atoms with Gasteiger partial charge in [-0.05, 0) is 67.0 Å². The first kappa shape index (κ1) is 20.4. The van der Waals surface area contributed by atoms with Gasteiger partial charge in [0, 0.05) is 38.6 Å². The lowest BCUT2D eigenvalue weighted by Gasteiger charge is -2.27. The topological polar surface area (TPSA) is 37.0 Å². The van der Waals surface area contributed by atoms with E-state index >= 15 is 0 Å². The SMILES string of the molecule is COc1ccc(N(Cc2ccc(N(C)C)cc2)C(=S)NC[C@H]2CCCO2)cc1. The summed E-state index contributed by atoms with van der Waals surface area (Å²) in [6, 6.07) is 16.5. The van der Waals surface area contributed by atoms with Crippen molar-refractivity contribution in [1.29, 1.82) is 0 Å². The van der Waals surface area contributed by atoms with Crippen LogP contribution in [-0.4, -0.2) is 45.6 Å². The molecule has 1 N–H and O–H groups in total. The van der Waals surface area contributed by atoms with Crippen LogP contribution in [0.4, 0.5) is 11.4 Å². The van der Waals surface area contributed by atoms with E-state index < -0.39 is 0 Å². The fourth-order valence-electron chi connectivity index (χ4n) is 3.23. The summed E-state index contributed by atoms with van der Waals surface area (Å²) < 4.78 is 11.0. The summed E-state index contributed by atoms with van der Waals surface area (Å²) in [6.45, 7) is 2.28. The van der Waals surface area contributed by atoms with Gasteiger partial charge in [-0.2, -0.15) is 0 Å². The van der Waals surface area contributed by atoms with E-state index in [0.29, 0.717) is 11.7 Å². The zero-order valence-electron chi connectivity index (χ0n) is 16.9. The van der Waals surface area contributed by atoms with Crippen molar-refractivity contribution in [2.45, 2.75) is 25.5 Å². The van der Waals surface area contributed by atoms with E-state index in [2.05, 4.69) is 39.4 Å². The number of hydrogen-bond donors (Lipinski definition) is 1. The van der Waals surface area contributed by atoms with E-state index in [1.165, 1.54) is 11.3 Å². The van der Waals surface area contributed by atoms with E-state index in [9.17, 15) is 0 Å². The number of nitrogens with one attached hydrogen (secondary N) is 1. The predicted octanol–water partition coefficient (Wildman–Crippen LogP) is 3.82. The molecule has 0 bridgehead atoms. The summed E-state index contributed by atoms with van der Waals surface area (Å²) >= 11 is 5.74. The normalized spacial score (nSPS) is 15.9. The van der Waals surface area contributed by atoms with Crippen LogP contribution in [0.5, 0.6) is 5.75 Å². The van der Waals surface area contributed by atoms with Crippen LogP contribution in [0.3, 0.4) is 0 Å². The predicted molar refractivity (Wildman–Crippen MR) is 120 cm³/mol. The molecule has 150 valence electrons. The zero-order chi connectivity index (χ0) is 19.9. The van der Waals surface area contributed by atoms with Crippen LogP contribution in [0, 0.1) is 0 Å². The van der Waals surface area contributed by atoms with Crippen LogP contribution in [0.2, 0.25) is 0 Å². The minimum atomic E-state index is 0.245. The van der Waals surface area contributed by atoms with Crippen molar-refractivity contribution in [3.63, 3.8) is 0 Å². The van der Waals surface area contributed by atoms with Crippen molar-refractivity contribution >= 4 is 28.7 Å². The molecule has 0 spiro atoms. The number of methoxy groups -OCH3 is 1. The molecule has 1 fully saturated rings. The number of nitrogens with zero attached hydrogens (tertiary/aromatic N) is 2. The van der Waals surface area contributed by atoms with Gasteiger partial charge in [0.25, 0.3) is 0 Å². The molecule has 1 aliphatic heterocycles. The van der Waals surface area contributed by atoms with E-state index in [1.54, 1.807) is 7.11 Å². The fourth-order valence-corrected chi connectivity index (χ4v) is 3.48. The Morgan fingerprint density at radius 3 is 2.36 bits per heavy atom. The van der Waals surface area contributed by atoms with Gasteiger partial charge >= 0.3 is 0 Å². The molecular formula is C22H29N3O2S. The van der Waals surface area contributed by atoms with Gasteiger partial charge in [0.15, 0.2) is 5.11 Å². The monoisotopic (exact) mass is 399 g/mol. The molecular weight excluding hydrogens is 370 g/mol. The Morgan fingerprint density at radius 2 is 1.79 bits per heavy atom. The van der Waals surface area contributed by atoms with Gasteiger partial charge in [0.1, 0.15) is 5.75 Å². The number of anilines is 2. The highest BCUT2D eigenvalue weighted by Crippen LogP contribution is 2.23. The first-order valence-electron chi connectivity index (χ1n) is 9.64. The molecule has 1 heterocycles. The molecule has 0 saturated carbocycles. The Hall–Kier alpha value is -2.31. The third-order valence-electron chi connectivity index (χ3n) is 4.93. The largest absolute Gasteiger partial charge is 0.497 e. The van der Waals surface area contributed by atoms with Crippen LogP contribution >= 0.6 is 12.2 Å². The molecule has 2 aromatic carbocycles. The number of rotatable bonds is 7. The van der Waals surface area contributed by atoms with Crippen molar-refractivity contribution in [1.82, 2.24) is 5.32 Å². The van der Waals surface area contributed by atoms with Gasteiger partial charge in [0.05, 0.1) is 19.8 Å². The van der Waals surface area contributed by atoms with Crippen LogP contribution in [-0.2, 0) is 11.3 Å². The molecule has 0 amide bonds. The quantitative estimate of drug-likeness (QED) is 0.714. The smallest absolute Gasteiger partial charge is 0.173 e. The van der Waals surface area contributed by atoms with Gasteiger partial charge in [-0.3, -0.25) is 0 Å². The zero-order valence-corrected chi connectivity index (χ0v) is 17.7. The molecule has 1 saturated heterocycles. The lowest BCUT2D eigenvalue weighted by Crippen LogP contribution is -2.42. The maximum absolute atomic E-state index is 5.74. The highest BCUT2D eigenvalue weighted by atomic mass is 32.1. The maximum Gasteiger partial charge on any atom is 0.173 e. The first-order chi connectivity index (χ1) is 13.6. The number of hydrogen-bond acceptors (Lipinski definition) is 4. The molecule has 28 heavy (non-hydrogen) atoms. The third-order valence-corrected chi connectivity index (χ3v) is 5.29. The summed E-state index contributed by atoms with van der Waals surface area (Å²) in [6.07, 6.45) is 2.46. The van der Waals surface area contributed by atoms with E-state index in [0.717, 1.165) is 37.4 Å². The van der Waals surface area contributed by atoms with Crippen molar-refractivity contribution in [2.24, 2.45) is 0 Å². The lowest BCUT2D eigenvalue weighted by atomic mass is 10.1. The van der Waals surface area contributed by atoms with Crippen molar-refractivity contribution in [3.8, 4) is 5.75 Å². The number of benzene rings is 2. The third kappa shape index (κ3) is 5.36. The van der Waals surface area contributed by atoms with Crippen molar-refractivity contribution in [3.05, 3.63) is 54.1 Å². The van der Waals surface area contributed by atoms with E-state index in [1.807, 2.05) is 38.4 Å². The maximum atomic E-state index is 5.74. The van der Waals surface area contributed by atoms with Gasteiger partial charge < -0.3 is 24.6 Å². The van der Waals surface area contributed by atoms with Crippen LogP contribution in [0.15, 0.2) is 48.5 Å². The molecule has 0 unspecified atom stereocenters. The van der Waals surface area contributed by atoms with Crippen LogP contribution < -0.4 is 19.9 Å². The van der Waals surface area contributed by atoms with Crippen LogP contribution in [0.1, 0.15) is 18.4 Å². The molecule has 6 heteroatoms. The van der Waals surface area contributed by atoms with Gasteiger partial charge in [-0.25, -0.2) is 0 Å². The fraction of sp³-hybridized carbons (Fsp3) is 0.409. The Balaban J connectivity index is 1.75. The second-order valence-corrected chi connectivity index (χ2v) is 7.55. The first-order valence-corrected chi connectivity index (χ1v) is 10.0. The van der Waals surface area contributed by atoms with E-state index in [4.69, 9.17) is 21.7 Å². The molecule has 0 aromatic heterocycles. The average molecular weight is 400 g/mol. The minimum absolute atomic E-state index is 0.245. The van der Waals surface area contributed by atoms with Crippen LogP contribution in [0.25, 0.3) is 0 Å². The van der Waals surface area contributed by atoms with Gasteiger partial charge in [0.2, 0.25) is 0 Å². The Bertz CT molecular complexity index is 756. The molecule has 3 rings (SSSR count). The van der Waals surface area contributed by atoms with E-state index in [-0.39, 0.29) is 6.10 Å². The second-order valence-electron chi connectivity index (χ2n) is 7.17. The number of ether oxygens (including phenoxy) is 2. The lowest BCUT2D eigenvalue weighted by molar-refractivity contribution is 0.114. The van der Waals surface area contributed by atoms with Crippen molar-refractivity contribution < 1.29 is 9.47 Å².